The molecule has 0 saturated carbocycles. The highest BCUT2D eigenvalue weighted by atomic mass is 15.3. The molecule has 12 heavy (non-hydrogen) atoms. The van der Waals surface area contributed by atoms with Crippen LogP contribution in [0.5, 0.6) is 0 Å². The molecule has 1 aromatic rings. The van der Waals surface area contributed by atoms with E-state index in [1.807, 2.05) is 11.7 Å². The van der Waals surface area contributed by atoms with Crippen molar-refractivity contribution >= 4 is 0 Å². The molecule has 1 aromatic heterocycles. The fraction of sp³-hybridized carbons (Fsp3) is 0.750. The summed E-state index contributed by atoms with van der Waals surface area (Å²) in [5, 5.41) is 7.32. The monoisotopic (exact) mass is 168 g/mol. The van der Waals surface area contributed by atoms with Gasteiger partial charge < -0.3 is 5.32 Å². The maximum Gasteiger partial charge on any atom is 0.143 e. The van der Waals surface area contributed by atoms with Crippen molar-refractivity contribution in [1.82, 2.24) is 20.1 Å². The quantitative estimate of drug-likeness (QED) is 0.728. The second kappa shape index (κ2) is 4.21. The van der Waals surface area contributed by atoms with E-state index in [-0.39, 0.29) is 0 Å². The van der Waals surface area contributed by atoms with E-state index in [4.69, 9.17) is 0 Å². The van der Waals surface area contributed by atoms with Crippen LogP contribution in [0.2, 0.25) is 0 Å². The second-order valence-corrected chi connectivity index (χ2v) is 2.68. The molecule has 68 valence electrons. The van der Waals surface area contributed by atoms with Crippen molar-refractivity contribution in [1.29, 1.82) is 0 Å². The Morgan fingerprint density at radius 1 is 1.58 bits per heavy atom. The summed E-state index contributed by atoms with van der Waals surface area (Å²) >= 11 is 0. The van der Waals surface area contributed by atoms with Crippen molar-refractivity contribution in [2.45, 2.75) is 32.9 Å². The van der Waals surface area contributed by atoms with Crippen molar-refractivity contribution in [3.05, 3.63) is 12.2 Å². The molecule has 0 aromatic carbocycles. The van der Waals surface area contributed by atoms with E-state index in [0.717, 1.165) is 18.8 Å². The van der Waals surface area contributed by atoms with Crippen molar-refractivity contribution in [3.63, 3.8) is 0 Å². The smallest absolute Gasteiger partial charge is 0.143 e. The Bertz CT molecular complexity index is 227. The standard InChI is InChI=1S/C8H16N4/c1-4-7(9-3)8-10-6-11-12(8)5-2/h6-7,9H,4-5H2,1-3H3. The summed E-state index contributed by atoms with van der Waals surface area (Å²) in [4.78, 5) is 4.22. The zero-order valence-electron chi connectivity index (χ0n) is 7.91. The largest absolute Gasteiger partial charge is 0.310 e. The minimum atomic E-state index is 0.326. The molecular formula is C8H16N4. The summed E-state index contributed by atoms with van der Waals surface area (Å²) in [7, 11) is 1.95. The van der Waals surface area contributed by atoms with E-state index in [2.05, 4.69) is 29.2 Å². The number of aryl methyl sites for hydroxylation is 1. The van der Waals surface area contributed by atoms with Gasteiger partial charge in [0.2, 0.25) is 0 Å². The maximum absolute atomic E-state index is 4.22. The highest BCUT2D eigenvalue weighted by molar-refractivity contribution is 4.92. The second-order valence-electron chi connectivity index (χ2n) is 2.68. The molecule has 1 unspecified atom stereocenters. The average molecular weight is 168 g/mol. The Balaban J connectivity index is 2.83. The van der Waals surface area contributed by atoms with Crippen LogP contribution in [-0.4, -0.2) is 21.8 Å². The van der Waals surface area contributed by atoms with Crippen LogP contribution in [0.3, 0.4) is 0 Å². The van der Waals surface area contributed by atoms with Gasteiger partial charge in [0, 0.05) is 6.54 Å². The minimum absolute atomic E-state index is 0.326. The van der Waals surface area contributed by atoms with Crippen molar-refractivity contribution < 1.29 is 0 Å². The summed E-state index contributed by atoms with van der Waals surface area (Å²) in [6.45, 7) is 5.09. The first-order chi connectivity index (χ1) is 5.83. The lowest BCUT2D eigenvalue weighted by atomic mass is 10.2. The van der Waals surface area contributed by atoms with Gasteiger partial charge in [-0.3, -0.25) is 0 Å². The van der Waals surface area contributed by atoms with Crippen LogP contribution < -0.4 is 5.32 Å². The number of nitrogens with one attached hydrogen (secondary N) is 1. The number of hydrogen-bond acceptors (Lipinski definition) is 3. The van der Waals surface area contributed by atoms with Crippen LogP contribution in [0.1, 0.15) is 32.1 Å². The third-order valence-corrected chi connectivity index (χ3v) is 2.01. The number of aromatic nitrogens is 3. The lowest BCUT2D eigenvalue weighted by molar-refractivity contribution is 0.492. The zero-order chi connectivity index (χ0) is 8.97. The third kappa shape index (κ3) is 1.64. The van der Waals surface area contributed by atoms with E-state index in [9.17, 15) is 0 Å². The SMILES string of the molecule is CCC(NC)c1ncnn1CC. The molecule has 0 fully saturated rings. The van der Waals surface area contributed by atoms with E-state index < -0.39 is 0 Å². The Hall–Kier alpha value is -0.900. The predicted octanol–water partition coefficient (Wildman–Crippen LogP) is 0.968. The summed E-state index contributed by atoms with van der Waals surface area (Å²) in [5.74, 6) is 1.03. The normalized spacial score (nSPS) is 13.2. The molecule has 4 nitrogen and oxygen atoms in total. The van der Waals surface area contributed by atoms with Crippen LogP contribution in [0.25, 0.3) is 0 Å². The number of nitrogens with zero attached hydrogens (tertiary/aromatic N) is 3. The molecule has 1 atom stereocenters. The Morgan fingerprint density at radius 2 is 2.33 bits per heavy atom. The van der Waals surface area contributed by atoms with Gasteiger partial charge in [0.05, 0.1) is 6.04 Å². The van der Waals surface area contributed by atoms with Crippen LogP contribution in [0.4, 0.5) is 0 Å². The molecule has 1 rings (SSSR count). The first kappa shape index (κ1) is 9.19. The maximum atomic E-state index is 4.22. The first-order valence-electron chi connectivity index (χ1n) is 4.38. The van der Waals surface area contributed by atoms with E-state index in [0.29, 0.717) is 6.04 Å². The number of hydrogen-bond donors (Lipinski definition) is 1. The first-order valence-corrected chi connectivity index (χ1v) is 4.38. The van der Waals surface area contributed by atoms with Crippen LogP contribution in [-0.2, 0) is 6.54 Å². The van der Waals surface area contributed by atoms with E-state index in [1.165, 1.54) is 0 Å². The lowest BCUT2D eigenvalue weighted by Gasteiger charge is -2.12. The molecule has 0 radical (unpaired) electrons. The van der Waals surface area contributed by atoms with Crippen molar-refractivity contribution in [2.75, 3.05) is 7.05 Å². The molecule has 0 amide bonds. The molecule has 1 heterocycles. The van der Waals surface area contributed by atoms with Gasteiger partial charge in [0.15, 0.2) is 0 Å². The van der Waals surface area contributed by atoms with Crippen molar-refractivity contribution in [3.8, 4) is 0 Å². The summed E-state index contributed by atoms with van der Waals surface area (Å²) < 4.78 is 1.92. The van der Waals surface area contributed by atoms with Gasteiger partial charge in [-0.05, 0) is 20.4 Å². The molecule has 0 saturated heterocycles. The molecule has 0 bridgehead atoms. The molecule has 0 spiro atoms. The topological polar surface area (TPSA) is 42.7 Å². The molecule has 1 N–H and O–H groups in total. The molecule has 0 aliphatic rings. The lowest BCUT2D eigenvalue weighted by Crippen LogP contribution is -2.20. The summed E-state index contributed by atoms with van der Waals surface area (Å²) in [6.07, 6.45) is 2.65. The van der Waals surface area contributed by atoms with Gasteiger partial charge >= 0.3 is 0 Å². The molecule has 4 heteroatoms. The molecule has 0 aliphatic heterocycles. The highest BCUT2D eigenvalue weighted by Gasteiger charge is 2.12. The van der Waals surface area contributed by atoms with E-state index >= 15 is 0 Å². The van der Waals surface area contributed by atoms with Gasteiger partial charge in [-0.2, -0.15) is 5.10 Å². The third-order valence-electron chi connectivity index (χ3n) is 2.01. The summed E-state index contributed by atoms with van der Waals surface area (Å²) in [6, 6.07) is 0.326. The molecule has 0 aliphatic carbocycles. The van der Waals surface area contributed by atoms with Gasteiger partial charge in [-0.25, -0.2) is 9.67 Å². The fourth-order valence-electron chi connectivity index (χ4n) is 1.30. The van der Waals surface area contributed by atoms with Crippen LogP contribution in [0, 0.1) is 0 Å². The van der Waals surface area contributed by atoms with Crippen LogP contribution >= 0.6 is 0 Å². The van der Waals surface area contributed by atoms with Gasteiger partial charge in [0.1, 0.15) is 12.2 Å². The Labute approximate surface area is 73.0 Å². The van der Waals surface area contributed by atoms with E-state index in [1.54, 1.807) is 6.33 Å². The van der Waals surface area contributed by atoms with Crippen LogP contribution in [0.15, 0.2) is 6.33 Å². The summed E-state index contributed by atoms with van der Waals surface area (Å²) in [5.41, 5.74) is 0. The predicted molar refractivity (Wildman–Crippen MR) is 47.8 cm³/mol. The van der Waals surface area contributed by atoms with Gasteiger partial charge in [-0.15, -0.1) is 0 Å². The molecular weight excluding hydrogens is 152 g/mol. The fourth-order valence-corrected chi connectivity index (χ4v) is 1.30. The highest BCUT2D eigenvalue weighted by Crippen LogP contribution is 2.11. The Kier molecular flexibility index (Phi) is 3.22. The number of rotatable bonds is 4. The minimum Gasteiger partial charge on any atom is -0.310 e. The Morgan fingerprint density at radius 3 is 2.83 bits per heavy atom. The zero-order valence-corrected chi connectivity index (χ0v) is 7.91. The van der Waals surface area contributed by atoms with Crippen molar-refractivity contribution in [2.24, 2.45) is 0 Å². The van der Waals surface area contributed by atoms with Gasteiger partial charge in [0.25, 0.3) is 0 Å². The van der Waals surface area contributed by atoms with Gasteiger partial charge in [-0.1, -0.05) is 6.92 Å². The average Bonchev–Trinajstić information content (AvgIpc) is 2.55.